The first kappa shape index (κ1) is 11.7. The lowest BCUT2D eigenvalue weighted by Gasteiger charge is -2.04. The predicted molar refractivity (Wildman–Crippen MR) is 59.1 cm³/mol. The van der Waals surface area contributed by atoms with E-state index >= 15 is 0 Å². The first-order valence-electron chi connectivity index (χ1n) is 4.35. The van der Waals surface area contributed by atoms with Crippen molar-refractivity contribution < 1.29 is 18.7 Å². The van der Waals surface area contributed by atoms with Crippen LogP contribution in [0, 0.1) is 11.6 Å². The van der Waals surface area contributed by atoms with Crippen LogP contribution in [0.4, 0.5) is 8.78 Å². The fraction of sp³-hybridized carbons (Fsp3) is 0. The van der Waals surface area contributed by atoms with Crippen LogP contribution in [0.3, 0.4) is 0 Å². The number of aromatic nitrogens is 1. The summed E-state index contributed by atoms with van der Waals surface area (Å²) in [5, 5.41) is 8.37. The molecule has 2 rings (SSSR count). The van der Waals surface area contributed by atoms with Crippen LogP contribution in [0.1, 0.15) is 10.4 Å². The van der Waals surface area contributed by atoms with Crippen LogP contribution in [0.25, 0.3) is 10.9 Å². The number of nitrogens with one attached hydrogen (secondary N) is 1. The first-order chi connectivity index (χ1) is 7.93. The van der Waals surface area contributed by atoms with Gasteiger partial charge in [0.1, 0.15) is 17.2 Å². The summed E-state index contributed by atoms with van der Waals surface area (Å²) < 4.78 is 26.3. The van der Waals surface area contributed by atoms with E-state index in [4.69, 9.17) is 5.11 Å². The lowest BCUT2D eigenvalue weighted by Crippen LogP contribution is -2.16. The van der Waals surface area contributed by atoms with Crippen molar-refractivity contribution in [2.24, 2.45) is 0 Å². The van der Waals surface area contributed by atoms with Gasteiger partial charge in [-0.15, -0.1) is 0 Å². The molecule has 2 N–H and O–H groups in total. The van der Waals surface area contributed by atoms with E-state index in [0.717, 1.165) is 6.20 Å². The van der Waals surface area contributed by atoms with Crippen molar-refractivity contribution in [3.8, 4) is 0 Å². The third-order valence-corrected chi connectivity index (χ3v) is 3.01. The number of hydrogen-bond acceptors (Lipinski definition) is 2. The smallest absolute Gasteiger partial charge is 0.341 e. The highest BCUT2D eigenvalue weighted by Gasteiger charge is 2.18. The van der Waals surface area contributed by atoms with Gasteiger partial charge in [-0.05, 0) is 15.9 Å². The summed E-state index contributed by atoms with van der Waals surface area (Å²) in [5.74, 6) is -3.40. The molecule has 0 radical (unpaired) electrons. The number of carbonyl (C=O) groups is 1. The maximum atomic E-state index is 13.4. The van der Waals surface area contributed by atoms with Gasteiger partial charge >= 0.3 is 5.97 Å². The molecule has 4 nitrogen and oxygen atoms in total. The molecule has 2 aromatic rings. The monoisotopic (exact) mass is 303 g/mol. The summed E-state index contributed by atoms with van der Waals surface area (Å²) in [6, 6.07) is 0.600. The molecule has 0 saturated heterocycles. The van der Waals surface area contributed by atoms with Crippen molar-refractivity contribution in [2.75, 3.05) is 0 Å². The normalized spacial score (nSPS) is 10.8. The standard InChI is InChI=1S/C10H4BrF2NO3/c11-7-4(12)1-5(13)8-6(7)9(15)3(2-14-8)10(16)17/h1-2H,(H,14,15)(H,16,17). The third kappa shape index (κ3) is 1.72. The van der Waals surface area contributed by atoms with Crippen LogP contribution in [0.5, 0.6) is 0 Å². The minimum Gasteiger partial charge on any atom is -0.477 e. The molecule has 0 aliphatic carbocycles. The minimum absolute atomic E-state index is 0.242. The zero-order chi connectivity index (χ0) is 12.7. The Balaban J connectivity index is 3.04. The van der Waals surface area contributed by atoms with E-state index in [1.165, 1.54) is 0 Å². The number of aromatic amines is 1. The topological polar surface area (TPSA) is 70.2 Å². The second kappa shape index (κ2) is 3.92. The summed E-state index contributed by atoms with van der Waals surface area (Å²) in [4.78, 5) is 24.8. The van der Waals surface area contributed by atoms with Crippen LogP contribution in [0.15, 0.2) is 21.5 Å². The molecule has 0 fully saturated rings. The molecule has 0 atom stereocenters. The molecule has 17 heavy (non-hydrogen) atoms. The predicted octanol–water partition coefficient (Wildman–Crippen LogP) is 2.27. The van der Waals surface area contributed by atoms with Gasteiger partial charge in [-0.3, -0.25) is 4.79 Å². The summed E-state index contributed by atoms with van der Waals surface area (Å²) in [6.45, 7) is 0. The van der Waals surface area contributed by atoms with Crippen LogP contribution in [-0.4, -0.2) is 16.1 Å². The zero-order valence-electron chi connectivity index (χ0n) is 8.05. The number of H-pyrrole nitrogens is 1. The zero-order valence-corrected chi connectivity index (χ0v) is 9.64. The van der Waals surface area contributed by atoms with Crippen molar-refractivity contribution in [3.63, 3.8) is 0 Å². The number of aromatic carboxylic acids is 1. The molecule has 7 heteroatoms. The molecule has 0 spiro atoms. The van der Waals surface area contributed by atoms with E-state index in [9.17, 15) is 18.4 Å². The highest BCUT2D eigenvalue weighted by Crippen LogP contribution is 2.25. The number of carboxylic acids is 1. The molecule has 0 unspecified atom stereocenters. The Labute approximate surface area is 101 Å². The number of halogens is 3. The molecular weight excluding hydrogens is 300 g/mol. The van der Waals surface area contributed by atoms with Gasteiger partial charge < -0.3 is 10.1 Å². The van der Waals surface area contributed by atoms with E-state index < -0.39 is 28.6 Å². The fourth-order valence-electron chi connectivity index (χ4n) is 1.45. The number of carboxylic acid groups (broad SMARTS) is 1. The largest absolute Gasteiger partial charge is 0.477 e. The van der Waals surface area contributed by atoms with Crippen molar-refractivity contribution in [2.45, 2.75) is 0 Å². The van der Waals surface area contributed by atoms with Gasteiger partial charge in [-0.1, -0.05) is 0 Å². The van der Waals surface area contributed by atoms with Gasteiger partial charge in [0, 0.05) is 12.3 Å². The lowest BCUT2D eigenvalue weighted by molar-refractivity contribution is 0.0695. The molecule has 0 saturated carbocycles. The second-order valence-electron chi connectivity index (χ2n) is 3.24. The Morgan fingerprint density at radius 1 is 1.35 bits per heavy atom. The summed E-state index contributed by atoms with van der Waals surface area (Å²) in [5.41, 5.74) is -1.77. The van der Waals surface area contributed by atoms with Gasteiger partial charge in [0.25, 0.3) is 0 Å². The Kier molecular flexibility index (Phi) is 2.70. The van der Waals surface area contributed by atoms with E-state index in [1.807, 2.05) is 0 Å². The molecule has 1 aromatic heterocycles. The molecular formula is C10H4BrF2NO3. The first-order valence-corrected chi connectivity index (χ1v) is 5.15. The second-order valence-corrected chi connectivity index (χ2v) is 4.03. The Bertz CT molecular complexity index is 696. The van der Waals surface area contributed by atoms with Crippen LogP contribution in [0.2, 0.25) is 0 Å². The van der Waals surface area contributed by atoms with E-state index in [2.05, 4.69) is 20.9 Å². The number of benzene rings is 1. The molecule has 0 aliphatic rings. The molecule has 88 valence electrons. The highest BCUT2D eigenvalue weighted by atomic mass is 79.9. The van der Waals surface area contributed by atoms with E-state index in [-0.39, 0.29) is 15.4 Å². The average Bonchev–Trinajstić information content (AvgIpc) is 2.25. The molecule has 1 heterocycles. The van der Waals surface area contributed by atoms with Crippen molar-refractivity contribution in [3.05, 3.63) is 44.2 Å². The Hall–Kier alpha value is -1.76. The van der Waals surface area contributed by atoms with Crippen molar-refractivity contribution in [1.82, 2.24) is 4.98 Å². The van der Waals surface area contributed by atoms with E-state index in [0.29, 0.717) is 6.07 Å². The number of rotatable bonds is 1. The van der Waals surface area contributed by atoms with E-state index in [1.54, 1.807) is 0 Å². The van der Waals surface area contributed by atoms with Gasteiger partial charge in [-0.25, -0.2) is 13.6 Å². The van der Waals surface area contributed by atoms with Crippen molar-refractivity contribution in [1.29, 1.82) is 0 Å². The maximum absolute atomic E-state index is 13.4. The third-order valence-electron chi connectivity index (χ3n) is 2.23. The van der Waals surface area contributed by atoms with Gasteiger partial charge in [0.15, 0.2) is 0 Å². The minimum atomic E-state index is -1.47. The maximum Gasteiger partial charge on any atom is 0.341 e. The number of hydrogen-bond donors (Lipinski definition) is 2. The fourth-order valence-corrected chi connectivity index (χ4v) is 1.95. The molecule has 0 bridgehead atoms. The summed E-state index contributed by atoms with van der Waals surface area (Å²) in [7, 11) is 0. The summed E-state index contributed by atoms with van der Waals surface area (Å²) in [6.07, 6.45) is 0.875. The lowest BCUT2D eigenvalue weighted by atomic mass is 10.1. The summed E-state index contributed by atoms with van der Waals surface area (Å²) >= 11 is 2.79. The highest BCUT2D eigenvalue weighted by molar-refractivity contribution is 9.10. The average molecular weight is 304 g/mol. The molecule has 0 amide bonds. The van der Waals surface area contributed by atoms with Crippen LogP contribution >= 0.6 is 15.9 Å². The van der Waals surface area contributed by atoms with Gasteiger partial charge in [0.05, 0.1) is 15.4 Å². The van der Waals surface area contributed by atoms with Crippen LogP contribution < -0.4 is 5.43 Å². The molecule has 1 aromatic carbocycles. The number of fused-ring (bicyclic) bond motifs is 1. The van der Waals surface area contributed by atoms with Gasteiger partial charge in [0.2, 0.25) is 5.43 Å². The van der Waals surface area contributed by atoms with Crippen LogP contribution in [-0.2, 0) is 0 Å². The SMILES string of the molecule is O=C(O)c1c[nH]c2c(F)cc(F)c(Br)c2c1=O. The van der Waals surface area contributed by atoms with Gasteiger partial charge in [-0.2, -0.15) is 0 Å². The Morgan fingerprint density at radius 3 is 2.59 bits per heavy atom. The Morgan fingerprint density at radius 2 is 2.00 bits per heavy atom. The quantitative estimate of drug-likeness (QED) is 0.794. The van der Waals surface area contributed by atoms with Crippen molar-refractivity contribution >= 4 is 32.8 Å². The molecule has 0 aliphatic heterocycles. The number of pyridine rings is 1.